The normalized spacial score (nSPS) is 17.9. The van der Waals surface area contributed by atoms with Gasteiger partial charge in [0.15, 0.2) is 5.82 Å². The van der Waals surface area contributed by atoms with Crippen LogP contribution in [0.5, 0.6) is 5.75 Å². The zero-order valence-corrected chi connectivity index (χ0v) is 9.18. The van der Waals surface area contributed by atoms with Crippen molar-refractivity contribution in [2.24, 2.45) is 0 Å². The smallest absolute Gasteiger partial charge is 0.155 e. The zero-order valence-electron chi connectivity index (χ0n) is 9.18. The Bertz CT molecular complexity index is 323. The van der Waals surface area contributed by atoms with E-state index in [-0.39, 0.29) is 0 Å². The summed E-state index contributed by atoms with van der Waals surface area (Å²) in [5.74, 6) is 1.67. The molecule has 15 heavy (non-hydrogen) atoms. The molecule has 0 bridgehead atoms. The highest BCUT2D eigenvalue weighted by Gasteiger charge is 2.15. The van der Waals surface area contributed by atoms with Crippen molar-refractivity contribution in [2.75, 3.05) is 45.2 Å². The van der Waals surface area contributed by atoms with Crippen molar-refractivity contribution in [3.05, 3.63) is 12.3 Å². The highest BCUT2D eigenvalue weighted by Crippen LogP contribution is 2.17. The first-order chi connectivity index (χ1) is 7.29. The third-order valence-corrected chi connectivity index (χ3v) is 2.68. The van der Waals surface area contributed by atoms with Gasteiger partial charge in [-0.1, -0.05) is 0 Å². The minimum atomic E-state index is 0.763. The van der Waals surface area contributed by atoms with Gasteiger partial charge in [0.2, 0.25) is 0 Å². The summed E-state index contributed by atoms with van der Waals surface area (Å²) in [5, 5.41) is 8.03. The Morgan fingerprint density at radius 1 is 1.27 bits per heavy atom. The number of hydrogen-bond donors (Lipinski definition) is 0. The average molecular weight is 208 g/mol. The largest absolute Gasteiger partial charge is 0.495 e. The first-order valence-corrected chi connectivity index (χ1v) is 5.10. The van der Waals surface area contributed by atoms with Gasteiger partial charge >= 0.3 is 0 Å². The van der Waals surface area contributed by atoms with Crippen LogP contribution in [0.2, 0.25) is 0 Å². The summed E-state index contributed by atoms with van der Waals surface area (Å²) in [5.41, 5.74) is 0. The molecule has 1 aliphatic rings. The highest BCUT2D eigenvalue weighted by molar-refractivity contribution is 5.42. The summed E-state index contributed by atoms with van der Waals surface area (Å²) in [4.78, 5) is 4.54. The molecule has 1 fully saturated rings. The SMILES string of the molecule is COc1cnnc(N2CCN(C)CC2)c1. The second kappa shape index (κ2) is 4.44. The van der Waals surface area contributed by atoms with Gasteiger partial charge in [-0.15, -0.1) is 5.10 Å². The molecule has 0 unspecified atom stereocenters. The van der Waals surface area contributed by atoms with Crippen LogP contribution in [-0.2, 0) is 0 Å². The molecule has 1 aromatic rings. The highest BCUT2D eigenvalue weighted by atomic mass is 16.5. The Labute approximate surface area is 89.7 Å². The van der Waals surface area contributed by atoms with Crippen molar-refractivity contribution in [3.8, 4) is 5.75 Å². The average Bonchev–Trinajstić information content (AvgIpc) is 2.30. The van der Waals surface area contributed by atoms with Gasteiger partial charge in [0, 0.05) is 32.2 Å². The molecule has 0 saturated carbocycles. The fraction of sp³-hybridized carbons (Fsp3) is 0.600. The van der Waals surface area contributed by atoms with E-state index in [1.54, 1.807) is 13.3 Å². The van der Waals surface area contributed by atoms with Crippen molar-refractivity contribution in [1.29, 1.82) is 0 Å². The predicted octanol–water partition coefficient (Wildman–Crippen LogP) is 0.237. The molecule has 1 aromatic heterocycles. The molecule has 0 amide bonds. The molecule has 5 heteroatoms. The van der Waals surface area contributed by atoms with Gasteiger partial charge < -0.3 is 14.5 Å². The summed E-state index contributed by atoms with van der Waals surface area (Å²) in [6.07, 6.45) is 1.62. The van der Waals surface area contributed by atoms with Crippen LogP contribution < -0.4 is 9.64 Å². The monoisotopic (exact) mass is 208 g/mol. The van der Waals surface area contributed by atoms with Crippen LogP contribution >= 0.6 is 0 Å². The van der Waals surface area contributed by atoms with E-state index in [0.717, 1.165) is 37.7 Å². The molecule has 0 atom stereocenters. The van der Waals surface area contributed by atoms with E-state index in [1.807, 2.05) is 6.07 Å². The molecular formula is C10H16N4O. The summed E-state index contributed by atoms with van der Waals surface area (Å²) >= 11 is 0. The first kappa shape index (κ1) is 10.2. The Kier molecular flexibility index (Phi) is 3.01. The van der Waals surface area contributed by atoms with E-state index < -0.39 is 0 Å². The van der Waals surface area contributed by atoms with E-state index in [2.05, 4.69) is 27.0 Å². The Balaban J connectivity index is 2.08. The van der Waals surface area contributed by atoms with Gasteiger partial charge in [-0.2, -0.15) is 5.10 Å². The quantitative estimate of drug-likeness (QED) is 0.696. The van der Waals surface area contributed by atoms with Crippen molar-refractivity contribution < 1.29 is 4.74 Å². The van der Waals surface area contributed by atoms with Gasteiger partial charge in [0.05, 0.1) is 13.3 Å². The van der Waals surface area contributed by atoms with Crippen LogP contribution in [0, 0.1) is 0 Å². The number of anilines is 1. The molecule has 0 radical (unpaired) electrons. The fourth-order valence-electron chi connectivity index (χ4n) is 1.64. The molecule has 2 rings (SSSR count). The van der Waals surface area contributed by atoms with Crippen LogP contribution in [0.15, 0.2) is 12.3 Å². The lowest BCUT2D eigenvalue weighted by atomic mass is 10.3. The molecule has 0 spiro atoms. The van der Waals surface area contributed by atoms with E-state index in [9.17, 15) is 0 Å². The maximum absolute atomic E-state index is 5.13. The number of likely N-dealkylation sites (N-methyl/N-ethyl adjacent to an activating group) is 1. The molecular weight excluding hydrogens is 192 g/mol. The topological polar surface area (TPSA) is 41.5 Å². The number of rotatable bonds is 2. The maximum Gasteiger partial charge on any atom is 0.155 e. The number of piperazine rings is 1. The zero-order chi connectivity index (χ0) is 10.7. The lowest BCUT2D eigenvalue weighted by Gasteiger charge is -2.32. The molecule has 82 valence electrons. The second-order valence-electron chi connectivity index (χ2n) is 3.74. The fourth-order valence-corrected chi connectivity index (χ4v) is 1.64. The van der Waals surface area contributed by atoms with Gasteiger partial charge in [-0.05, 0) is 7.05 Å². The predicted molar refractivity (Wildman–Crippen MR) is 58.3 cm³/mol. The minimum absolute atomic E-state index is 0.763. The lowest BCUT2D eigenvalue weighted by molar-refractivity contribution is 0.311. The Morgan fingerprint density at radius 2 is 2.00 bits per heavy atom. The lowest BCUT2D eigenvalue weighted by Crippen LogP contribution is -2.44. The minimum Gasteiger partial charge on any atom is -0.495 e. The third kappa shape index (κ3) is 2.36. The molecule has 0 aliphatic carbocycles. The van der Waals surface area contributed by atoms with E-state index in [0.29, 0.717) is 0 Å². The Morgan fingerprint density at radius 3 is 2.67 bits per heavy atom. The molecule has 0 aromatic carbocycles. The van der Waals surface area contributed by atoms with Crippen LogP contribution in [0.25, 0.3) is 0 Å². The van der Waals surface area contributed by atoms with Gasteiger partial charge in [-0.3, -0.25) is 0 Å². The van der Waals surface area contributed by atoms with Gasteiger partial charge in [-0.25, -0.2) is 0 Å². The summed E-state index contributed by atoms with van der Waals surface area (Å²) in [6, 6.07) is 1.93. The van der Waals surface area contributed by atoms with Crippen molar-refractivity contribution >= 4 is 5.82 Å². The van der Waals surface area contributed by atoms with Crippen molar-refractivity contribution in [1.82, 2.24) is 15.1 Å². The molecule has 5 nitrogen and oxygen atoms in total. The van der Waals surface area contributed by atoms with Crippen LogP contribution in [0.1, 0.15) is 0 Å². The van der Waals surface area contributed by atoms with E-state index in [1.165, 1.54) is 0 Å². The number of methoxy groups -OCH3 is 1. The first-order valence-electron chi connectivity index (χ1n) is 5.10. The van der Waals surface area contributed by atoms with Crippen LogP contribution in [0.3, 0.4) is 0 Å². The van der Waals surface area contributed by atoms with Crippen molar-refractivity contribution in [2.45, 2.75) is 0 Å². The third-order valence-electron chi connectivity index (χ3n) is 2.68. The van der Waals surface area contributed by atoms with E-state index in [4.69, 9.17) is 4.74 Å². The number of nitrogens with zero attached hydrogens (tertiary/aromatic N) is 4. The second-order valence-corrected chi connectivity index (χ2v) is 3.74. The number of aromatic nitrogens is 2. The van der Waals surface area contributed by atoms with E-state index >= 15 is 0 Å². The van der Waals surface area contributed by atoms with Gasteiger partial charge in [0.25, 0.3) is 0 Å². The molecule has 2 heterocycles. The summed E-state index contributed by atoms with van der Waals surface area (Å²) < 4.78 is 5.13. The standard InChI is InChI=1S/C10H16N4O/c1-13-3-5-14(6-4-13)10-7-9(15-2)8-11-12-10/h7-8H,3-6H2,1-2H3. The number of ether oxygens (including phenoxy) is 1. The van der Waals surface area contributed by atoms with Crippen molar-refractivity contribution in [3.63, 3.8) is 0 Å². The summed E-state index contributed by atoms with van der Waals surface area (Å²) in [7, 11) is 3.78. The summed E-state index contributed by atoms with van der Waals surface area (Å²) in [6.45, 7) is 4.13. The maximum atomic E-state index is 5.13. The van der Waals surface area contributed by atoms with Crippen LogP contribution in [-0.4, -0.2) is 55.4 Å². The van der Waals surface area contributed by atoms with Crippen LogP contribution in [0.4, 0.5) is 5.82 Å². The molecule has 0 N–H and O–H groups in total. The molecule has 1 aliphatic heterocycles. The van der Waals surface area contributed by atoms with Gasteiger partial charge in [0.1, 0.15) is 5.75 Å². The number of hydrogen-bond acceptors (Lipinski definition) is 5. The molecule has 1 saturated heterocycles. The Hall–Kier alpha value is -1.36.